The van der Waals surface area contributed by atoms with E-state index in [0.29, 0.717) is 6.04 Å². The van der Waals surface area contributed by atoms with Crippen LogP contribution in [-0.2, 0) is 0 Å². The highest BCUT2D eigenvalue weighted by molar-refractivity contribution is 9.10. The zero-order valence-corrected chi connectivity index (χ0v) is 14.9. The van der Waals surface area contributed by atoms with Gasteiger partial charge in [0.05, 0.1) is 0 Å². The number of nitrogens with zero attached hydrogens (tertiary/aromatic N) is 1. The van der Waals surface area contributed by atoms with Crippen LogP contribution in [0.5, 0.6) is 0 Å². The topological polar surface area (TPSA) is 29.3 Å². The molecule has 0 aliphatic carbocycles. The zero-order chi connectivity index (χ0) is 15.2. The molecule has 2 N–H and O–H groups in total. The van der Waals surface area contributed by atoms with Crippen molar-refractivity contribution in [3.63, 3.8) is 0 Å². The van der Waals surface area contributed by atoms with Crippen molar-refractivity contribution < 1.29 is 0 Å². The van der Waals surface area contributed by atoms with Crippen molar-refractivity contribution in [1.82, 2.24) is 4.90 Å². The molecule has 0 fully saturated rings. The first-order valence-corrected chi connectivity index (χ1v) is 8.42. The summed E-state index contributed by atoms with van der Waals surface area (Å²) < 4.78 is 1.14. The van der Waals surface area contributed by atoms with E-state index < -0.39 is 0 Å². The lowest BCUT2D eigenvalue weighted by molar-refractivity contribution is 0.128. The van der Waals surface area contributed by atoms with Crippen LogP contribution in [0.3, 0.4) is 0 Å². The predicted octanol–water partition coefficient (Wildman–Crippen LogP) is 4.60. The lowest BCUT2D eigenvalue weighted by Gasteiger charge is -2.37. The largest absolute Gasteiger partial charge is 0.330 e. The summed E-state index contributed by atoms with van der Waals surface area (Å²) in [6.45, 7) is 11.9. The first kappa shape index (κ1) is 17.7. The van der Waals surface area contributed by atoms with Crippen LogP contribution in [0.25, 0.3) is 0 Å². The van der Waals surface area contributed by atoms with Gasteiger partial charge in [0.25, 0.3) is 0 Å². The predicted molar refractivity (Wildman–Crippen MR) is 91.9 cm³/mol. The minimum Gasteiger partial charge on any atom is -0.330 e. The second-order valence-corrected chi connectivity index (χ2v) is 7.23. The van der Waals surface area contributed by atoms with Crippen LogP contribution in [0.4, 0.5) is 0 Å². The summed E-state index contributed by atoms with van der Waals surface area (Å²) in [5.41, 5.74) is 7.48. The molecule has 1 rings (SSSR count). The highest BCUT2D eigenvalue weighted by atomic mass is 79.9. The van der Waals surface area contributed by atoms with E-state index >= 15 is 0 Å². The van der Waals surface area contributed by atoms with Crippen LogP contribution in [0.15, 0.2) is 28.7 Å². The molecule has 0 heterocycles. The molecule has 3 heteroatoms. The lowest BCUT2D eigenvalue weighted by Crippen LogP contribution is -2.41. The van der Waals surface area contributed by atoms with Crippen molar-refractivity contribution in [3.8, 4) is 0 Å². The Morgan fingerprint density at radius 3 is 2.25 bits per heavy atom. The molecule has 0 radical (unpaired) electrons. The highest BCUT2D eigenvalue weighted by Gasteiger charge is 2.25. The number of rotatable bonds is 8. The SMILES string of the molecule is CCCN(CC(C)(C)CN)C(CC)c1ccc(Br)cc1. The number of benzene rings is 1. The van der Waals surface area contributed by atoms with Crippen LogP contribution < -0.4 is 5.73 Å². The summed E-state index contributed by atoms with van der Waals surface area (Å²) in [5.74, 6) is 0. The van der Waals surface area contributed by atoms with E-state index in [-0.39, 0.29) is 5.41 Å². The van der Waals surface area contributed by atoms with Gasteiger partial charge in [-0.05, 0) is 49.0 Å². The molecule has 0 spiro atoms. The van der Waals surface area contributed by atoms with Gasteiger partial charge in [0, 0.05) is 17.1 Å². The minimum atomic E-state index is 0.165. The molecule has 1 unspecified atom stereocenters. The van der Waals surface area contributed by atoms with Gasteiger partial charge < -0.3 is 5.73 Å². The molecule has 0 saturated carbocycles. The second-order valence-electron chi connectivity index (χ2n) is 6.31. The third-order valence-corrected chi connectivity index (χ3v) is 4.31. The zero-order valence-electron chi connectivity index (χ0n) is 13.3. The maximum Gasteiger partial charge on any atom is 0.0345 e. The van der Waals surface area contributed by atoms with E-state index in [1.165, 1.54) is 12.0 Å². The van der Waals surface area contributed by atoms with E-state index in [4.69, 9.17) is 5.73 Å². The molecule has 0 amide bonds. The Balaban J connectivity index is 2.93. The molecular weight excluding hydrogens is 312 g/mol. The fourth-order valence-corrected chi connectivity index (χ4v) is 2.90. The van der Waals surface area contributed by atoms with E-state index in [2.05, 4.69) is 72.8 Å². The molecule has 0 aromatic heterocycles. The van der Waals surface area contributed by atoms with Crippen LogP contribution in [0.1, 0.15) is 52.1 Å². The Labute approximate surface area is 132 Å². The van der Waals surface area contributed by atoms with Crippen molar-refractivity contribution in [3.05, 3.63) is 34.3 Å². The Bertz CT molecular complexity index is 386. The monoisotopic (exact) mass is 340 g/mol. The van der Waals surface area contributed by atoms with E-state index in [9.17, 15) is 0 Å². The van der Waals surface area contributed by atoms with E-state index in [0.717, 1.165) is 30.5 Å². The van der Waals surface area contributed by atoms with Gasteiger partial charge in [-0.1, -0.05) is 55.8 Å². The van der Waals surface area contributed by atoms with Crippen molar-refractivity contribution in [1.29, 1.82) is 0 Å². The summed E-state index contributed by atoms with van der Waals surface area (Å²) in [4.78, 5) is 2.59. The lowest BCUT2D eigenvalue weighted by atomic mass is 9.91. The normalized spacial score (nSPS) is 13.8. The molecule has 0 aliphatic rings. The summed E-state index contributed by atoms with van der Waals surface area (Å²) in [5, 5.41) is 0. The minimum absolute atomic E-state index is 0.165. The molecule has 1 aromatic rings. The number of halogens is 1. The van der Waals surface area contributed by atoms with E-state index in [1.54, 1.807) is 0 Å². The van der Waals surface area contributed by atoms with Crippen LogP contribution in [0, 0.1) is 5.41 Å². The molecule has 2 nitrogen and oxygen atoms in total. The third kappa shape index (κ3) is 5.19. The molecule has 1 aromatic carbocycles. The average molecular weight is 341 g/mol. The Morgan fingerprint density at radius 1 is 1.20 bits per heavy atom. The van der Waals surface area contributed by atoms with Crippen molar-refractivity contribution in [2.75, 3.05) is 19.6 Å². The summed E-state index contributed by atoms with van der Waals surface area (Å²) in [6.07, 6.45) is 2.30. The molecule has 0 bridgehead atoms. The van der Waals surface area contributed by atoms with Gasteiger partial charge in [-0.3, -0.25) is 4.90 Å². The summed E-state index contributed by atoms with van der Waals surface area (Å²) in [6, 6.07) is 9.22. The quantitative estimate of drug-likeness (QED) is 0.749. The van der Waals surface area contributed by atoms with Gasteiger partial charge in [0.1, 0.15) is 0 Å². The van der Waals surface area contributed by atoms with Gasteiger partial charge in [0.15, 0.2) is 0 Å². The first-order valence-electron chi connectivity index (χ1n) is 7.63. The van der Waals surface area contributed by atoms with Crippen molar-refractivity contribution in [2.24, 2.45) is 11.1 Å². The molecule has 1 atom stereocenters. The highest BCUT2D eigenvalue weighted by Crippen LogP contribution is 2.29. The Kier molecular flexibility index (Phi) is 7.21. The molecule has 20 heavy (non-hydrogen) atoms. The molecule has 0 aliphatic heterocycles. The van der Waals surface area contributed by atoms with Crippen molar-refractivity contribution >= 4 is 15.9 Å². The maximum atomic E-state index is 5.92. The van der Waals surface area contributed by atoms with E-state index in [1.807, 2.05) is 0 Å². The molecule has 0 saturated heterocycles. The number of nitrogens with two attached hydrogens (primary N) is 1. The van der Waals surface area contributed by atoms with Gasteiger partial charge >= 0.3 is 0 Å². The molecular formula is C17H29BrN2. The Morgan fingerprint density at radius 2 is 1.80 bits per heavy atom. The maximum absolute atomic E-state index is 5.92. The van der Waals surface area contributed by atoms with Gasteiger partial charge in [-0.15, -0.1) is 0 Å². The third-order valence-electron chi connectivity index (χ3n) is 3.78. The van der Waals surface area contributed by atoms with Crippen LogP contribution in [0.2, 0.25) is 0 Å². The molecule has 114 valence electrons. The Hall–Kier alpha value is -0.380. The van der Waals surface area contributed by atoms with Gasteiger partial charge in [-0.25, -0.2) is 0 Å². The second kappa shape index (κ2) is 8.16. The van der Waals surface area contributed by atoms with Crippen LogP contribution >= 0.6 is 15.9 Å². The smallest absolute Gasteiger partial charge is 0.0345 e. The number of hydrogen-bond donors (Lipinski definition) is 1. The van der Waals surface area contributed by atoms with Crippen molar-refractivity contribution in [2.45, 2.75) is 46.6 Å². The fraction of sp³-hybridized carbons (Fsp3) is 0.647. The summed E-state index contributed by atoms with van der Waals surface area (Å²) in [7, 11) is 0. The standard InChI is InChI=1S/C17H29BrN2/c1-5-11-20(13-17(3,4)12-19)16(6-2)14-7-9-15(18)10-8-14/h7-10,16H,5-6,11-13,19H2,1-4H3. The van der Waals surface area contributed by atoms with Gasteiger partial charge in [0.2, 0.25) is 0 Å². The first-order chi connectivity index (χ1) is 9.43. The van der Waals surface area contributed by atoms with Crippen LogP contribution in [-0.4, -0.2) is 24.5 Å². The number of hydrogen-bond acceptors (Lipinski definition) is 2. The summed E-state index contributed by atoms with van der Waals surface area (Å²) >= 11 is 3.51. The average Bonchev–Trinajstić information content (AvgIpc) is 2.41. The van der Waals surface area contributed by atoms with Gasteiger partial charge in [-0.2, -0.15) is 0 Å². The fourth-order valence-electron chi connectivity index (χ4n) is 2.64.